The molecule has 6 nitrogen and oxygen atoms in total. The minimum atomic E-state index is 0. The third-order valence-corrected chi connectivity index (χ3v) is 13.5. The van der Waals surface area contributed by atoms with Gasteiger partial charge in [0.25, 0.3) is 0 Å². The Morgan fingerprint density at radius 2 is 0.476 bits per heavy atom. The molecule has 4 aromatic carbocycles. The van der Waals surface area contributed by atoms with E-state index in [2.05, 4.69) is 206 Å². The molecule has 1 aliphatic carbocycles. The molecule has 5 rings (SSSR count). The van der Waals surface area contributed by atoms with E-state index in [1.54, 1.807) is 0 Å². The zero-order valence-electron chi connectivity index (χ0n) is 49.6. The van der Waals surface area contributed by atoms with Crippen LogP contribution in [0.25, 0.3) is 0 Å². The maximum atomic E-state index is 2.58. The number of hydrogen-bond donors (Lipinski definition) is 0. The summed E-state index contributed by atoms with van der Waals surface area (Å²) in [7, 11) is 0. The molecule has 20 heteroatoms. The van der Waals surface area contributed by atoms with Gasteiger partial charge in [-0.3, -0.25) is 0 Å². The molecule has 0 saturated carbocycles. The zero-order valence-corrected chi connectivity index (χ0v) is 54.7. The van der Waals surface area contributed by atoms with Crippen molar-refractivity contribution in [1.82, 2.24) is 4.58 Å². The average molecular weight is 1390 g/mol. The number of benzene rings is 4. The van der Waals surface area contributed by atoms with Gasteiger partial charge < -0.3 is 19.6 Å². The Bertz CT molecular complexity index is 2070. The van der Waals surface area contributed by atoms with E-state index in [-0.39, 0.29) is 105 Å². The van der Waals surface area contributed by atoms with E-state index in [4.69, 9.17) is 0 Å². The summed E-state index contributed by atoms with van der Waals surface area (Å²) < 4.78 is 5.03. The zero-order chi connectivity index (χ0) is 48.4. The maximum Gasteiger partial charge on any atom is 0.212 e. The normalized spacial score (nSPS) is 10.1. The van der Waals surface area contributed by atoms with E-state index in [0.29, 0.717) is 0 Å². The number of allylic oxidation sites excluding steroid dienone is 4. The molecule has 0 heterocycles. The molecule has 82 heavy (non-hydrogen) atoms. The number of unbranched alkanes of at least 4 members (excludes halogenated alkanes) is 8. The van der Waals surface area contributed by atoms with Crippen molar-refractivity contribution >= 4 is 106 Å². The molecule has 0 amide bonds. The van der Waals surface area contributed by atoms with Gasteiger partial charge in [-0.15, -0.1) is 0 Å². The van der Waals surface area contributed by atoms with Gasteiger partial charge in [-0.25, -0.2) is 4.58 Å². The third-order valence-electron chi connectivity index (χ3n) is 13.5. The van der Waals surface area contributed by atoms with Crippen molar-refractivity contribution in [1.29, 1.82) is 0 Å². The molecule has 1 aliphatic rings. The van der Waals surface area contributed by atoms with Gasteiger partial charge in [-0.1, -0.05) is 107 Å². The van der Waals surface area contributed by atoms with Crippen LogP contribution >= 0.6 is 0 Å². The van der Waals surface area contributed by atoms with Crippen LogP contribution in [-0.2, 0) is 0 Å². The number of rotatable bonds is 32. The van der Waals surface area contributed by atoms with Crippen LogP contribution in [0, 0.1) is 0 Å². The fourth-order valence-corrected chi connectivity index (χ4v) is 9.17. The monoisotopic (exact) mass is 1390 g/mol. The fraction of sp³-hybridized carbons (Fsp3) is 0.516. The topological polar surface area (TPSA) is 19.0 Å². The summed E-state index contributed by atoms with van der Waals surface area (Å²) in [6.45, 7) is 27.1. The van der Waals surface area contributed by atoms with E-state index in [1.807, 2.05) is 0 Å². The smallest absolute Gasteiger partial charge is 0.212 e. The number of hydrogen-bond acceptors (Lipinski definition) is 4. The van der Waals surface area contributed by atoms with E-state index < -0.39 is 0 Å². The molecule has 0 unspecified atom stereocenters. The first-order valence-electron chi connectivity index (χ1n) is 27.5. The molecule has 18 radical (unpaired) electrons. The van der Waals surface area contributed by atoms with Crippen molar-refractivity contribution in [3.63, 3.8) is 0 Å². The van der Waals surface area contributed by atoms with Crippen molar-refractivity contribution in [3.8, 4) is 0 Å². The van der Waals surface area contributed by atoms with Crippen LogP contribution in [0.2, 0.25) is 0 Å². The Balaban J connectivity index is -0.000000463. The first-order valence-corrected chi connectivity index (χ1v) is 27.5. The second kappa shape index (κ2) is 57.1. The first kappa shape index (κ1) is 99.7. The minimum absolute atomic E-state index is 0. The van der Waals surface area contributed by atoms with Crippen LogP contribution < -0.4 is 24.2 Å². The van der Waals surface area contributed by atoms with Gasteiger partial charge in [-0.2, -0.15) is 4.58 Å². The van der Waals surface area contributed by atoms with Crippen molar-refractivity contribution in [2.45, 2.75) is 158 Å². The molecule has 0 spiro atoms. The van der Waals surface area contributed by atoms with E-state index >= 15 is 0 Å². The van der Waals surface area contributed by atoms with Crippen LogP contribution in [0.3, 0.4) is 0 Å². The molecule has 4 aromatic rings. The van der Waals surface area contributed by atoms with Crippen LogP contribution in [0.4, 0.5) is 102 Å². The molecule has 462 valence electrons. The summed E-state index contributed by atoms with van der Waals surface area (Å²) in [4.78, 5) is 10.2. The summed E-state index contributed by atoms with van der Waals surface area (Å²) in [5.41, 5.74) is 12.2. The molecule has 0 saturated heterocycles. The SMILES string of the molecule is CCCCN(CCCC)c1ccc(N(c2ccc(N(CCCC)CCCC)cc2)c2ccc([N+](=C3C=CC(=[N+](CCCC)CCCC)C=C3)c3ccc(N(CCCC)CCCC)cc3)cc2)cc1.[F].[F].[F].[F].[F].[F].[F].[F].[F].[F].[F].[F].[Sb].[Sb]. The van der Waals surface area contributed by atoms with E-state index in [1.165, 1.54) is 148 Å². The first-order chi connectivity index (χ1) is 33.4. The molecule has 0 aliphatic heterocycles. The van der Waals surface area contributed by atoms with Gasteiger partial charge in [0.1, 0.15) is 13.1 Å². The molecular formula is C62H92F12N6Sb2+2. The summed E-state index contributed by atoms with van der Waals surface area (Å²) in [6, 6.07) is 37.4. The standard InChI is InChI=1S/C62H92N6.12F.2Sb/c1-9-17-45-63(46-18-10-2)53-25-33-57(34-26-53)67(58-35-27-54(28-36-58)64(47-19-11-3)48-20-12-4)61-41-43-62(44-42-61)68(59-37-29-55(30-38-59)65(49-21-13-5)50-22-14-6)60-39-31-56(32-40-60)66(51-23-15-7)52-24-16-8;;;;;;;;;;;;;;/h25-44H,9-24,45-52H2,1-8H3;;;;;;;;;;;;;;/q+2;;;;;;;;;;;;;;. The van der Waals surface area contributed by atoms with Crippen LogP contribution in [-0.4, -0.2) is 117 Å². The number of nitrogens with zero attached hydrogens (tertiary/aromatic N) is 6. The molecule has 0 bridgehead atoms. The second-order valence-corrected chi connectivity index (χ2v) is 19.0. The van der Waals surface area contributed by atoms with E-state index in [9.17, 15) is 0 Å². The predicted molar refractivity (Wildman–Crippen MR) is 328 cm³/mol. The van der Waals surface area contributed by atoms with E-state index in [0.717, 1.165) is 63.7 Å². The molecular weight excluding hydrogens is 1300 g/mol. The van der Waals surface area contributed by atoms with Crippen molar-refractivity contribution in [2.24, 2.45) is 0 Å². The molecule has 0 aromatic heterocycles. The summed E-state index contributed by atoms with van der Waals surface area (Å²) in [5.74, 6) is 0. The second-order valence-electron chi connectivity index (χ2n) is 19.0. The third kappa shape index (κ3) is 30.5. The molecule has 0 fully saturated rings. The van der Waals surface area contributed by atoms with Crippen LogP contribution in [0.1, 0.15) is 158 Å². The van der Waals surface area contributed by atoms with Gasteiger partial charge in [0.2, 0.25) is 17.1 Å². The van der Waals surface area contributed by atoms with Crippen molar-refractivity contribution in [3.05, 3.63) is 121 Å². The Kier molecular flexibility index (Phi) is 69.5. The van der Waals surface area contributed by atoms with Gasteiger partial charge in [-0.05, 0) is 111 Å². The minimum Gasteiger partial charge on any atom is -0.372 e. The number of anilines is 6. The quantitative estimate of drug-likeness (QED) is 0.0210. The van der Waals surface area contributed by atoms with Crippen LogP contribution in [0.5, 0.6) is 0 Å². The van der Waals surface area contributed by atoms with Crippen molar-refractivity contribution in [2.75, 3.05) is 72.0 Å². The summed E-state index contributed by atoms with van der Waals surface area (Å²) >= 11 is 0. The van der Waals surface area contributed by atoms with Gasteiger partial charge in [0, 0.05) is 240 Å². The fourth-order valence-electron chi connectivity index (χ4n) is 9.17. The predicted octanol–water partition coefficient (Wildman–Crippen LogP) is 21.1. The Morgan fingerprint density at radius 1 is 0.268 bits per heavy atom. The summed E-state index contributed by atoms with van der Waals surface area (Å²) in [5, 5.41) is 0. The van der Waals surface area contributed by atoms with Crippen molar-refractivity contribution < 1.29 is 61.0 Å². The van der Waals surface area contributed by atoms with Gasteiger partial charge >= 0.3 is 0 Å². The Labute approximate surface area is 519 Å². The molecule has 0 atom stereocenters. The largest absolute Gasteiger partial charge is 0.372 e. The van der Waals surface area contributed by atoms with Gasteiger partial charge in [0.05, 0.1) is 0 Å². The average Bonchev–Trinajstić information content (AvgIpc) is 3.38. The maximum absolute atomic E-state index is 2.58. The summed E-state index contributed by atoms with van der Waals surface area (Å²) in [6.07, 6.45) is 28.7. The molecule has 0 N–H and O–H groups in total. The number of halogens is 12. The van der Waals surface area contributed by atoms with Crippen LogP contribution in [0.15, 0.2) is 121 Å². The van der Waals surface area contributed by atoms with Gasteiger partial charge in [0.15, 0.2) is 5.71 Å². The Morgan fingerprint density at radius 3 is 0.720 bits per heavy atom. The Hall–Kier alpha value is -4.30.